The third kappa shape index (κ3) is 3.42. The van der Waals surface area contributed by atoms with Crippen LogP contribution in [0.4, 0.5) is 0 Å². The molecule has 0 aliphatic heterocycles. The number of nitrogens with zero attached hydrogens (tertiary/aromatic N) is 3. The van der Waals surface area contributed by atoms with Gasteiger partial charge in [0.15, 0.2) is 5.82 Å². The number of para-hydroxylation sites is 1. The lowest BCUT2D eigenvalue weighted by atomic mass is 10.1. The van der Waals surface area contributed by atoms with Crippen molar-refractivity contribution in [2.24, 2.45) is 0 Å². The van der Waals surface area contributed by atoms with Gasteiger partial charge in [-0.2, -0.15) is 0 Å². The zero-order valence-electron chi connectivity index (χ0n) is 14.1. The zero-order chi connectivity index (χ0) is 17.9. The number of aryl methyl sites for hydroxylation is 1. The Morgan fingerprint density at radius 1 is 0.885 bits per heavy atom. The molecule has 0 atom stereocenters. The van der Waals surface area contributed by atoms with E-state index in [1.165, 1.54) is 0 Å². The molecule has 0 saturated heterocycles. The lowest BCUT2D eigenvalue weighted by Gasteiger charge is -2.04. The second kappa shape index (κ2) is 6.95. The van der Waals surface area contributed by atoms with Crippen LogP contribution in [-0.4, -0.2) is 15.0 Å². The summed E-state index contributed by atoms with van der Waals surface area (Å²) in [6.45, 7) is 1.99. The minimum absolute atomic E-state index is 0.592. The molecule has 0 aliphatic carbocycles. The van der Waals surface area contributed by atoms with Gasteiger partial charge in [0.05, 0.1) is 5.52 Å². The van der Waals surface area contributed by atoms with Crippen molar-refractivity contribution in [3.63, 3.8) is 0 Å². The summed E-state index contributed by atoms with van der Waals surface area (Å²) >= 11 is 6.01. The van der Waals surface area contributed by atoms with Crippen LogP contribution in [0.25, 0.3) is 22.4 Å². The highest BCUT2D eigenvalue weighted by molar-refractivity contribution is 6.30. The largest absolute Gasteiger partial charge is 0.236 e. The molecule has 124 valence electrons. The molecule has 26 heavy (non-hydrogen) atoms. The first kappa shape index (κ1) is 16.3. The second-order valence-corrected chi connectivity index (χ2v) is 6.31. The minimum Gasteiger partial charge on any atom is -0.236 e. The van der Waals surface area contributed by atoms with Crippen LogP contribution in [-0.2, 0) is 0 Å². The molecule has 3 nitrogen and oxygen atoms in total. The van der Waals surface area contributed by atoms with Gasteiger partial charge in [-0.25, -0.2) is 15.0 Å². The molecule has 0 aliphatic rings. The highest BCUT2D eigenvalue weighted by atomic mass is 35.5. The number of fused-ring (bicyclic) bond motifs is 1. The third-order valence-electron chi connectivity index (χ3n) is 3.96. The Morgan fingerprint density at radius 3 is 2.65 bits per heavy atom. The maximum Gasteiger partial charge on any atom is 0.178 e. The van der Waals surface area contributed by atoms with E-state index < -0.39 is 0 Å². The minimum atomic E-state index is 0.592. The van der Waals surface area contributed by atoms with Crippen molar-refractivity contribution >= 4 is 22.5 Å². The van der Waals surface area contributed by atoms with E-state index in [0.29, 0.717) is 22.2 Å². The maximum atomic E-state index is 6.01. The van der Waals surface area contributed by atoms with E-state index in [2.05, 4.69) is 26.8 Å². The molecule has 0 unspecified atom stereocenters. The Bertz CT molecular complexity index is 1170. The van der Waals surface area contributed by atoms with Crippen molar-refractivity contribution in [2.45, 2.75) is 6.92 Å². The normalized spacial score (nSPS) is 10.4. The predicted molar refractivity (Wildman–Crippen MR) is 105 cm³/mol. The highest BCUT2D eigenvalue weighted by Gasteiger charge is 2.07. The third-order valence-corrected chi connectivity index (χ3v) is 4.20. The van der Waals surface area contributed by atoms with Crippen molar-refractivity contribution in [1.29, 1.82) is 0 Å². The standard InChI is InChI=1S/C22H14ClN3/c1-15-9-11-21(22-24-14-17-6-2-3-8-20(17)26-22)25-19(15)12-10-16-5-4-7-18(23)13-16/h2-9,11,13-14H,1H3. The van der Waals surface area contributed by atoms with Crippen molar-refractivity contribution in [3.05, 3.63) is 88.7 Å². The van der Waals surface area contributed by atoms with Gasteiger partial charge >= 0.3 is 0 Å². The molecule has 4 aromatic rings. The van der Waals surface area contributed by atoms with Crippen LogP contribution >= 0.6 is 11.6 Å². The second-order valence-electron chi connectivity index (χ2n) is 5.87. The van der Waals surface area contributed by atoms with E-state index >= 15 is 0 Å². The highest BCUT2D eigenvalue weighted by Crippen LogP contribution is 2.18. The Balaban J connectivity index is 1.74. The molecule has 0 amide bonds. The predicted octanol–water partition coefficient (Wildman–Crippen LogP) is 5.05. The number of hydrogen-bond acceptors (Lipinski definition) is 3. The van der Waals surface area contributed by atoms with E-state index in [0.717, 1.165) is 22.0 Å². The molecule has 0 bridgehead atoms. The SMILES string of the molecule is Cc1ccc(-c2ncc3ccccc3n2)nc1C#Cc1cccc(Cl)c1. The Hall–Kier alpha value is -3.22. The summed E-state index contributed by atoms with van der Waals surface area (Å²) in [6.07, 6.45) is 1.82. The van der Waals surface area contributed by atoms with Gasteiger partial charge < -0.3 is 0 Å². The number of benzene rings is 2. The van der Waals surface area contributed by atoms with Crippen molar-refractivity contribution < 1.29 is 0 Å². The Kier molecular flexibility index (Phi) is 4.35. The van der Waals surface area contributed by atoms with E-state index in [9.17, 15) is 0 Å². The van der Waals surface area contributed by atoms with Gasteiger partial charge in [0.1, 0.15) is 11.4 Å². The van der Waals surface area contributed by atoms with E-state index in [1.807, 2.05) is 73.8 Å². The molecule has 4 heteroatoms. The summed E-state index contributed by atoms with van der Waals surface area (Å²) in [4.78, 5) is 13.7. The molecule has 2 aromatic carbocycles. The molecular formula is C22H14ClN3. The lowest BCUT2D eigenvalue weighted by molar-refractivity contribution is 1.15. The lowest BCUT2D eigenvalue weighted by Crippen LogP contribution is -1.96. The molecule has 2 heterocycles. The monoisotopic (exact) mass is 355 g/mol. The van der Waals surface area contributed by atoms with Crippen molar-refractivity contribution in [3.8, 4) is 23.4 Å². The quantitative estimate of drug-likeness (QED) is 0.448. The average Bonchev–Trinajstić information content (AvgIpc) is 2.67. The van der Waals surface area contributed by atoms with E-state index in [1.54, 1.807) is 0 Å². The van der Waals surface area contributed by atoms with Crippen LogP contribution in [0.2, 0.25) is 5.02 Å². The van der Waals surface area contributed by atoms with Crippen LogP contribution in [0, 0.1) is 18.8 Å². The van der Waals surface area contributed by atoms with Gasteiger partial charge in [0, 0.05) is 22.2 Å². The van der Waals surface area contributed by atoms with Gasteiger partial charge in [-0.15, -0.1) is 0 Å². The molecule has 0 radical (unpaired) electrons. The number of hydrogen-bond donors (Lipinski definition) is 0. The maximum absolute atomic E-state index is 6.01. The van der Waals surface area contributed by atoms with Crippen LogP contribution in [0.1, 0.15) is 16.8 Å². The first-order chi connectivity index (χ1) is 12.7. The summed E-state index contributed by atoms with van der Waals surface area (Å²) < 4.78 is 0. The molecule has 2 aromatic heterocycles. The molecule has 4 rings (SSSR count). The Labute approximate surface area is 156 Å². The van der Waals surface area contributed by atoms with Crippen LogP contribution in [0.3, 0.4) is 0 Å². The zero-order valence-corrected chi connectivity index (χ0v) is 14.8. The van der Waals surface area contributed by atoms with E-state index in [-0.39, 0.29) is 0 Å². The number of pyridine rings is 1. The van der Waals surface area contributed by atoms with Gasteiger partial charge in [0.25, 0.3) is 0 Å². The molecular weight excluding hydrogens is 342 g/mol. The first-order valence-corrected chi connectivity index (χ1v) is 8.54. The van der Waals surface area contributed by atoms with Gasteiger partial charge in [-0.05, 0) is 48.7 Å². The summed E-state index contributed by atoms with van der Waals surface area (Å²) in [5.74, 6) is 6.83. The number of rotatable bonds is 1. The van der Waals surface area contributed by atoms with Gasteiger partial charge in [0.2, 0.25) is 0 Å². The Morgan fingerprint density at radius 2 is 1.77 bits per heavy atom. The topological polar surface area (TPSA) is 38.7 Å². The van der Waals surface area contributed by atoms with E-state index in [4.69, 9.17) is 11.6 Å². The van der Waals surface area contributed by atoms with Crippen LogP contribution in [0.5, 0.6) is 0 Å². The van der Waals surface area contributed by atoms with Crippen LogP contribution in [0.15, 0.2) is 66.9 Å². The summed E-state index contributed by atoms with van der Waals surface area (Å²) in [5, 5.41) is 1.67. The summed E-state index contributed by atoms with van der Waals surface area (Å²) in [7, 11) is 0. The number of halogens is 1. The van der Waals surface area contributed by atoms with Gasteiger partial charge in [-0.3, -0.25) is 0 Å². The smallest absolute Gasteiger partial charge is 0.178 e. The first-order valence-electron chi connectivity index (χ1n) is 8.16. The summed E-state index contributed by atoms with van der Waals surface area (Å²) in [5.41, 5.74) is 4.16. The van der Waals surface area contributed by atoms with Crippen molar-refractivity contribution in [1.82, 2.24) is 15.0 Å². The average molecular weight is 356 g/mol. The molecule has 0 N–H and O–H groups in total. The molecule has 0 spiro atoms. The summed E-state index contributed by atoms with van der Waals surface area (Å²) in [6, 6.07) is 19.3. The fourth-order valence-electron chi connectivity index (χ4n) is 2.57. The molecule has 0 saturated carbocycles. The van der Waals surface area contributed by atoms with Crippen LogP contribution < -0.4 is 0 Å². The fraction of sp³-hybridized carbons (Fsp3) is 0.0455. The van der Waals surface area contributed by atoms with Gasteiger partial charge in [-0.1, -0.05) is 47.9 Å². The molecule has 0 fully saturated rings. The number of aromatic nitrogens is 3. The van der Waals surface area contributed by atoms with Crippen molar-refractivity contribution in [2.75, 3.05) is 0 Å². The fourth-order valence-corrected chi connectivity index (χ4v) is 2.76.